The average molecular weight is 522 g/mol. The molecule has 1 N–H and O–H groups in total. The molecule has 0 bridgehead atoms. The Morgan fingerprint density at radius 1 is 1.03 bits per heavy atom. The summed E-state index contributed by atoms with van der Waals surface area (Å²) < 4.78 is 38.4. The molecular formula is C23H21Cl2N3O5S. The lowest BCUT2D eigenvalue weighted by Crippen LogP contribution is -2.39. The van der Waals surface area contributed by atoms with Gasteiger partial charge in [0.1, 0.15) is 18.0 Å². The third-order valence-corrected chi connectivity index (χ3v) is 6.98. The molecule has 178 valence electrons. The van der Waals surface area contributed by atoms with Crippen LogP contribution in [0.1, 0.15) is 5.56 Å². The second-order valence-electron chi connectivity index (χ2n) is 6.82. The monoisotopic (exact) mass is 521 g/mol. The molecule has 0 unspecified atom stereocenters. The minimum Gasteiger partial charge on any atom is -0.497 e. The van der Waals surface area contributed by atoms with Gasteiger partial charge in [0, 0.05) is 10.6 Å². The number of methoxy groups -OCH3 is 2. The first kappa shape index (κ1) is 25.4. The van der Waals surface area contributed by atoms with Crippen molar-refractivity contribution in [3.8, 4) is 11.5 Å². The maximum atomic E-state index is 13.5. The highest BCUT2D eigenvalue weighted by Crippen LogP contribution is 2.32. The van der Waals surface area contributed by atoms with E-state index < -0.39 is 22.5 Å². The third-order valence-electron chi connectivity index (χ3n) is 4.64. The topological polar surface area (TPSA) is 97.3 Å². The molecule has 34 heavy (non-hydrogen) atoms. The van der Waals surface area contributed by atoms with Crippen molar-refractivity contribution in [1.82, 2.24) is 5.43 Å². The molecule has 0 saturated heterocycles. The van der Waals surface area contributed by atoms with Gasteiger partial charge in [-0.3, -0.25) is 9.10 Å². The van der Waals surface area contributed by atoms with Crippen molar-refractivity contribution >= 4 is 51.0 Å². The van der Waals surface area contributed by atoms with Crippen LogP contribution in [0.3, 0.4) is 0 Å². The molecule has 0 aliphatic carbocycles. The zero-order valence-corrected chi connectivity index (χ0v) is 20.6. The molecule has 0 saturated carbocycles. The van der Waals surface area contributed by atoms with E-state index >= 15 is 0 Å². The molecule has 1 amide bonds. The van der Waals surface area contributed by atoms with Gasteiger partial charge in [0.15, 0.2) is 0 Å². The lowest BCUT2D eigenvalue weighted by molar-refractivity contribution is -0.119. The first-order valence-electron chi connectivity index (χ1n) is 9.83. The number of nitrogens with zero attached hydrogens (tertiary/aromatic N) is 2. The fourth-order valence-electron chi connectivity index (χ4n) is 2.96. The number of amides is 1. The second kappa shape index (κ2) is 11.2. The van der Waals surface area contributed by atoms with Gasteiger partial charge in [-0.2, -0.15) is 5.10 Å². The molecule has 3 rings (SSSR count). The number of hydrogen-bond acceptors (Lipinski definition) is 6. The van der Waals surface area contributed by atoms with E-state index in [2.05, 4.69) is 10.5 Å². The number of sulfonamides is 1. The number of ether oxygens (including phenoxy) is 2. The normalized spacial score (nSPS) is 11.3. The number of hydrogen-bond donors (Lipinski definition) is 1. The van der Waals surface area contributed by atoms with Crippen LogP contribution in [-0.4, -0.2) is 41.3 Å². The average Bonchev–Trinajstić information content (AvgIpc) is 2.83. The van der Waals surface area contributed by atoms with Crippen LogP contribution in [0.15, 0.2) is 76.7 Å². The van der Waals surface area contributed by atoms with Crippen molar-refractivity contribution in [2.75, 3.05) is 25.1 Å². The highest BCUT2D eigenvalue weighted by Gasteiger charge is 2.29. The summed E-state index contributed by atoms with van der Waals surface area (Å²) in [6, 6.07) is 17.1. The summed E-state index contributed by atoms with van der Waals surface area (Å²) in [5.41, 5.74) is 3.05. The van der Waals surface area contributed by atoms with Gasteiger partial charge in [-0.1, -0.05) is 41.4 Å². The predicted molar refractivity (Wildman–Crippen MR) is 133 cm³/mol. The van der Waals surface area contributed by atoms with Crippen LogP contribution in [0.25, 0.3) is 0 Å². The van der Waals surface area contributed by atoms with Gasteiger partial charge >= 0.3 is 0 Å². The van der Waals surface area contributed by atoms with Crippen molar-refractivity contribution < 1.29 is 22.7 Å². The summed E-state index contributed by atoms with van der Waals surface area (Å²) >= 11 is 12.0. The summed E-state index contributed by atoms with van der Waals surface area (Å²) in [4.78, 5) is 12.7. The van der Waals surface area contributed by atoms with Gasteiger partial charge < -0.3 is 9.47 Å². The van der Waals surface area contributed by atoms with E-state index in [1.807, 2.05) is 0 Å². The van der Waals surface area contributed by atoms with Gasteiger partial charge in [-0.05, 0) is 48.5 Å². The van der Waals surface area contributed by atoms with E-state index in [1.54, 1.807) is 36.4 Å². The number of anilines is 1. The minimum atomic E-state index is -4.15. The number of para-hydroxylation sites is 2. The van der Waals surface area contributed by atoms with E-state index in [0.717, 1.165) is 4.31 Å². The highest BCUT2D eigenvalue weighted by atomic mass is 35.5. The molecule has 11 heteroatoms. The molecule has 0 aliphatic heterocycles. The summed E-state index contributed by atoms with van der Waals surface area (Å²) in [5.74, 6) is 0.101. The highest BCUT2D eigenvalue weighted by molar-refractivity contribution is 7.92. The van der Waals surface area contributed by atoms with Crippen LogP contribution in [0.2, 0.25) is 10.0 Å². The molecule has 0 fully saturated rings. The quantitative estimate of drug-likeness (QED) is 0.333. The molecule has 0 radical (unpaired) electrons. The molecule has 0 aliphatic rings. The molecule has 0 atom stereocenters. The summed E-state index contributed by atoms with van der Waals surface area (Å²) in [7, 11) is -1.25. The number of rotatable bonds is 9. The minimum absolute atomic E-state index is 0.0246. The van der Waals surface area contributed by atoms with Crippen LogP contribution in [0, 0.1) is 0 Å². The van der Waals surface area contributed by atoms with E-state index in [0.29, 0.717) is 21.4 Å². The van der Waals surface area contributed by atoms with E-state index in [-0.39, 0.29) is 16.3 Å². The Bertz CT molecular complexity index is 1300. The van der Waals surface area contributed by atoms with Gasteiger partial charge in [0.25, 0.3) is 15.9 Å². The smallest absolute Gasteiger partial charge is 0.264 e. The predicted octanol–water partition coefficient (Wildman–Crippen LogP) is 4.36. The summed E-state index contributed by atoms with van der Waals surface area (Å²) in [5, 5.41) is 4.69. The first-order chi connectivity index (χ1) is 16.3. The van der Waals surface area contributed by atoms with Crippen molar-refractivity contribution in [2.45, 2.75) is 4.90 Å². The number of hydrazone groups is 1. The zero-order chi connectivity index (χ0) is 24.7. The molecule has 0 heterocycles. The number of halogens is 2. The molecule has 3 aromatic rings. The maximum Gasteiger partial charge on any atom is 0.264 e. The fraction of sp³-hybridized carbons (Fsp3) is 0.130. The van der Waals surface area contributed by atoms with Crippen molar-refractivity contribution in [2.24, 2.45) is 5.10 Å². The van der Waals surface area contributed by atoms with E-state index in [4.69, 9.17) is 32.7 Å². The molecule has 3 aromatic carbocycles. The Balaban J connectivity index is 1.89. The van der Waals surface area contributed by atoms with E-state index in [1.165, 1.54) is 50.8 Å². The second-order valence-corrected chi connectivity index (χ2v) is 9.52. The summed E-state index contributed by atoms with van der Waals surface area (Å²) in [6.45, 7) is -0.555. The van der Waals surface area contributed by atoms with Gasteiger partial charge in [0.05, 0.1) is 36.0 Å². The Morgan fingerprint density at radius 2 is 1.74 bits per heavy atom. The van der Waals surface area contributed by atoms with Crippen LogP contribution >= 0.6 is 23.2 Å². The lowest BCUT2D eigenvalue weighted by Gasteiger charge is -2.25. The Hall–Kier alpha value is -3.27. The molecule has 8 nitrogen and oxygen atoms in total. The number of benzene rings is 3. The Morgan fingerprint density at radius 3 is 2.38 bits per heavy atom. The van der Waals surface area contributed by atoms with Gasteiger partial charge in [-0.15, -0.1) is 0 Å². The summed E-state index contributed by atoms with van der Waals surface area (Å²) in [6.07, 6.45) is 1.34. The van der Waals surface area contributed by atoms with Gasteiger partial charge in [0.2, 0.25) is 0 Å². The molecular weight excluding hydrogens is 501 g/mol. The fourth-order valence-corrected chi connectivity index (χ4v) is 4.84. The van der Waals surface area contributed by atoms with Crippen LogP contribution in [0.5, 0.6) is 11.5 Å². The van der Waals surface area contributed by atoms with Crippen LogP contribution in [-0.2, 0) is 14.8 Å². The Labute approximate surface area is 207 Å². The molecule has 0 aromatic heterocycles. The lowest BCUT2D eigenvalue weighted by atomic mass is 10.2. The maximum absolute atomic E-state index is 13.5. The van der Waals surface area contributed by atoms with Crippen LogP contribution < -0.4 is 19.2 Å². The van der Waals surface area contributed by atoms with Crippen LogP contribution in [0.4, 0.5) is 5.69 Å². The zero-order valence-electron chi connectivity index (χ0n) is 18.2. The first-order valence-corrected chi connectivity index (χ1v) is 12.0. The Kier molecular flexibility index (Phi) is 8.38. The third kappa shape index (κ3) is 5.99. The number of carbonyl (C=O) groups is 1. The number of nitrogens with one attached hydrogen (secondary N) is 1. The molecule has 0 spiro atoms. The largest absolute Gasteiger partial charge is 0.497 e. The standard InChI is InChI=1S/C23H21Cl2N3O5S/c1-32-18-9-11-19(12-10-18)34(30,31)28(21-5-3-4-6-22(21)33-2)15-23(29)27-26-14-16-7-8-17(24)13-20(16)25/h3-14H,15H2,1-2H3,(H,27,29)/b26-14-. The van der Waals surface area contributed by atoms with Crippen molar-refractivity contribution in [1.29, 1.82) is 0 Å². The van der Waals surface area contributed by atoms with Crippen molar-refractivity contribution in [3.05, 3.63) is 82.3 Å². The number of carbonyl (C=O) groups excluding carboxylic acids is 1. The SMILES string of the molecule is COc1ccc(S(=O)(=O)N(CC(=O)N/N=C\c2ccc(Cl)cc2Cl)c2ccccc2OC)cc1. The van der Waals surface area contributed by atoms with E-state index in [9.17, 15) is 13.2 Å². The van der Waals surface area contributed by atoms with Crippen molar-refractivity contribution in [3.63, 3.8) is 0 Å². The van der Waals surface area contributed by atoms with Gasteiger partial charge in [-0.25, -0.2) is 13.8 Å².